The summed E-state index contributed by atoms with van der Waals surface area (Å²) in [6.07, 6.45) is 0.893. The molecule has 1 heterocycles. The highest BCUT2D eigenvalue weighted by Gasteiger charge is 2.08. The number of ether oxygens (including phenoxy) is 1. The van der Waals surface area contributed by atoms with E-state index in [0.29, 0.717) is 0 Å². The second-order valence-corrected chi connectivity index (χ2v) is 3.86. The largest absolute Gasteiger partial charge is 0.389 e. The van der Waals surface area contributed by atoms with Gasteiger partial charge in [0, 0.05) is 26.8 Å². The van der Waals surface area contributed by atoms with Gasteiger partial charge >= 0.3 is 0 Å². The average molecular weight is 241 g/mol. The summed E-state index contributed by atoms with van der Waals surface area (Å²) in [6.45, 7) is 3.12. The molecule has 1 aromatic rings. The molecule has 0 radical (unpaired) electrons. The number of aliphatic hydroxyl groups is 1. The summed E-state index contributed by atoms with van der Waals surface area (Å²) in [4.78, 5) is 13.6. The number of methoxy groups -OCH3 is 1. The molecule has 0 bridgehead atoms. The van der Waals surface area contributed by atoms with E-state index in [4.69, 9.17) is 4.74 Å². The lowest BCUT2D eigenvalue weighted by atomic mass is 10.3. The van der Waals surface area contributed by atoms with Crippen molar-refractivity contribution in [3.8, 4) is 0 Å². The van der Waals surface area contributed by atoms with Crippen LogP contribution >= 0.6 is 0 Å². The molecule has 96 valence electrons. The average Bonchev–Trinajstić information content (AvgIpc) is 2.31. The van der Waals surface area contributed by atoms with Crippen molar-refractivity contribution in [1.29, 1.82) is 0 Å². The number of rotatable bonds is 6. The summed E-state index contributed by atoms with van der Waals surface area (Å²) >= 11 is 0. The van der Waals surface area contributed by atoms with Gasteiger partial charge in [0.15, 0.2) is 0 Å². The first kappa shape index (κ1) is 13.7. The molecule has 1 rings (SSSR count). The van der Waals surface area contributed by atoms with Gasteiger partial charge in [-0.1, -0.05) is 0 Å². The third kappa shape index (κ3) is 3.83. The Morgan fingerprint density at radius 2 is 2.35 bits per heavy atom. The van der Waals surface area contributed by atoms with Crippen molar-refractivity contribution < 1.29 is 9.84 Å². The molecule has 17 heavy (non-hydrogen) atoms. The Morgan fingerprint density at radius 3 is 2.88 bits per heavy atom. The van der Waals surface area contributed by atoms with Gasteiger partial charge in [-0.05, 0) is 6.92 Å². The maximum Gasteiger partial charge on any atom is 0.268 e. The van der Waals surface area contributed by atoms with Crippen molar-refractivity contribution in [1.82, 2.24) is 9.78 Å². The van der Waals surface area contributed by atoms with Gasteiger partial charge in [0.1, 0.15) is 0 Å². The van der Waals surface area contributed by atoms with Crippen LogP contribution in [0.1, 0.15) is 6.92 Å². The molecule has 0 fully saturated rings. The second kappa shape index (κ2) is 6.36. The number of nitrogens with zero attached hydrogens (tertiary/aromatic N) is 3. The van der Waals surface area contributed by atoms with E-state index in [-0.39, 0.29) is 18.7 Å². The van der Waals surface area contributed by atoms with Gasteiger partial charge in [-0.15, -0.1) is 0 Å². The molecule has 1 aromatic heterocycles. The standard InChI is InChI=1S/C11H19N3O3/c1-4-13(2)9-5-11(16)14(12-6-9)7-10(15)8-17-3/h5-6,10,15H,4,7-8H2,1-3H3. The Bertz CT molecular complexity index is 405. The molecule has 6 heteroatoms. The van der Waals surface area contributed by atoms with Crippen LogP contribution in [0, 0.1) is 0 Å². The van der Waals surface area contributed by atoms with Gasteiger partial charge in [-0.3, -0.25) is 4.79 Å². The molecule has 0 aliphatic carbocycles. The molecule has 1 N–H and O–H groups in total. The third-order valence-electron chi connectivity index (χ3n) is 2.51. The maximum absolute atomic E-state index is 11.7. The van der Waals surface area contributed by atoms with Crippen LogP contribution in [0.5, 0.6) is 0 Å². The van der Waals surface area contributed by atoms with E-state index >= 15 is 0 Å². The molecule has 6 nitrogen and oxygen atoms in total. The zero-order valence-corrected chi connectivity index (χ0v) is 10.5. The minimum atomic E-state index is -0.722. The van der Waals surface area contributed by atoms with Crippen LogP contribution in [0.25, 0.3) is 0 Å². The van der Waals surface area contributed by atoms with Crippen LogP contribution in [0.4, 0.5) is 5.69 Å². The van der Waals surface area contributed by atoms with E-state index in [2.05, 4.69) is 5.10 Å². The molecule has 0 aliphatic heterocycles. The molecule has 0 amide bonds. The predicted molar refractivity (Wildman–Crippen MR) is 65.3 cm³/mol. The van der Waals surface area contributed by atoms with Crippen molar-refractivity contribution in [2.75, 3.05) is 32.2 Å². The Hall–Kier alpha value is -1.40. The Kier molecular flexibility index (Phi) is 5.11. The smallest absolute Gasteiger partial charge is 0.268 e. The quantitative estimate of drug-likeness (QED) is 0.741. The monoisotopic (exact) mass is 241 g/mol. The highest BCUT2D eigenvalue weighted by atomic mass is 16.5. The zero-order chi connectivity index (χ0) is 12.8. The molecule has 0 saturated heterocycles. The first-order chi connectivity index (χ1) is 8.08. The van der Waals surface area contributed by atoms with Crippen LogP contribution in [-0.2, 0) is 11.3 Å². The number of anilines is 1. The second-order valence-electron chi connectivity index (χ2n) is 3.86. The Morgan fingerprint density at radius 1 is 1.65 bits per heavy atom. The minimum absolute atomic E-state index is 0.142. The minimum Gasteiger partial charge on any atom is -0.389 e. The van der Waals surface area contributed by atoms with Crippen molar-refractivity contribution >= 4 is 5.69 Å². The molecule has 0 aliphatic rings. The molecule has 1 atom stereocenters. The molecule has 0 aromatic carbocycles. The van der Waals surface area contributed by atoms with Crippen molar-refractivity contribution in [3.63, 3.8) is 0 Å². The summed E-state index contributed by atoms with van der Waals surface area (Å²) in [5.41, 5.74) is 0.549. The van der Waals surface area contributed by atoms with Crippen molar-refractivity contribution in [3.05, 3.63) is 22.6 Å². The lowest BCUT2D eigenvalue weighted by Gasteiger charge is -2.17. The summed E-state index contributed by atoms with van der Waals surface area (Å²) in [7, 11) is 3.39. The number of hydrogen-bond donors (Lipinski definition) is 1. The van der Waals surface area contributed by atoms with E-state index in [0.717, 1.165) is 12.2 Å². The normalized spacial score (nSPS) is 12.5. The van der Waals surface area contributed by atoms with Crippen LogP contribution in [0.3, 0.4) is 0 Å². The van der Waals surface area contributed by atoms with Gasteiger partial charge in [0.2, 0.25) is 0 Å². The fraction of sp³-hybridized carbons (Fsp3) is 0.636. The van der Waals surface area contributed by atoms with Gasteiger partial charge in [0.25, 0.3) is 5.56 Å². The van der Waals surface area contributed by atoms with Crippen LogP contribution in [0.2, 0.25) is 0 Å². The highest BCUT2D eigenvalue weighted by molar-refractivity contribution is 5.41. The summed E-state index contributed by atoms with van der Waals surface area (Å²) in [5, 5.41) is 13.5. The van der Waals surface area contributed by atoms with Crippen LogP contribution < -0.4 is 10.5 Å². The van der Waals surface area contributed by atoms with Gasteiger partial charge in [0.05, 0.1) is 31.1 Å². The lowest BCUT2D eigenvalue weighted by Crippen LogP contribution is -2.31. The Balaban J connectivity index is 2.80. The van der Waals surface area contributed by atoms with Crippen LogP contribution in [0.15, 0.2) is 17.1 Å². The van der Waals surface area contributed by atoms with E-state index < -0.39 is 6.10 Å². The molecular formula is C11H19N3O3. The fourth-order valence-electron chi connectivity index (χ4n) is 1.40. The molecule has 1 unspecified atom stereocenters. The summed E-state index contributed by atoms with van der Waals surface area (Å²) in [6, 6.07) is 1.51. The summed E-state index contributed by atoms with van der Waals surface area (Å²) < 4.78 is 6.03. The van der Waals surface area contributed by atoms with Gasteiger partial charge < -0.3 is 14.7 Å². The highest BCUT2D eigenvalue weighted by Crippen LogP contribution is 2.05. The first-order valence-electron chi connectivity index (χ1n) is 5.53. The maximum atomic E-state index is 11.7. The van der Waals surface area contributed by atoms with Crippen molar-refractivity contribution in [2.24, 2.45) is 0 Å². The number of aliphatic hydroxyl groups excluding tert-OH is 1. The molecule has 0 spiro atoms. The third-order valence-corrected chi connectivity index (χ3v) is 2.51. The lowest BCUT2D eigenvalue weighted by molar-refractivity contribution is 0.0504. The Labute approximate surface area is 100 Å². The van der Waals surface area contributed by atoms with E-state index in [1.807, 2.05) is 18.9 Å². The van der Waals surface area contributed by atoms with Crippen LogP contribution in [-0.4, -0.2) is 48.3 Å². The predicted octanol–water partition coefficient (Wildman–Crippen LogP) is -0.293. The van der Waals surface area contributed by atoms with Gasteiger partial charge in [-0.2, -0.15) is 5.10 Å². The van der Waals surface area contributed by atoms with E-state index in [9.17, 15) is 9.90 Å². The SMILES string of the molecule is CCN(C)c1cnn(CC(O)COC)c(=O)c1. The van der Waals surface area contributed by atoms with E-state index in [1.165, 1.54) is 17.9 Å². The topological polar surface area (TPSA) is 67.6 Å². The van der Waals surface area contributed by atoms with Gasteiger partial charge in [-0.25, -0.2) is 4.68 Å². The summed E-state index contributed by atoms with van der Waals surface area (Å²) in [5.74, 6) is 0. The fourth-order valence-corrected chi connectivity index (χ4v) is 1.40. The first-order valence-corrected chi connectivity index (χ1v) is 5.53. The molecular weight excluding hydrogens is 222 g/mol. The number of aromatic nitrogens is 2. The number of hydrogen-bond acceptors (Lipinski definition) is 5. The molecule has 0 saturated carbocycles. The van der Waals surface area contributed by atoms with E-state index in [1.54, 1.807) is 6.20 Å². The zero-order valence-electron chi connectivity index (χ0n) is 10.5. The van der Waals surface area contributed by atoms with Crippen molar-refractivity contribution in [2.45, 2.75) is 19.6 Å².